The van der Waals surface area contributed by atoms with E-state index in [1.54, 1.807) is 13.8 Å². The molecule has 0 unspecified atom stereocenters. The van der Waals surface area contributed by atoms with Gasteiger partial charge in [-0.05, 0) is 155 Å². The van der Waals surface area contributed by atoms with Crippen molar-refractivity contribution in [3.63, 3.8) is 0 Å². The van der Waals surface area contributed by atoms with Crippen molar-refractivity contribution >= 4 is 70.5 Å². The minimum Gasteiger partial charge on any atom is -0.508 e. The molecule has 664 valence electrons. The summed E-state index contributed by atoms with van der Waals surface area (Å²) < 4.78 is 52.9. The number of ether oxygens (including phenoxy) is 8. The third-order valence-electron chi connectivity index (χ3n) is 22.9. The molecule has 8 heterocycles. The van der Waals surface area contributed by atoms with Crippen molar-refractivity contribution in [3.8, 4) is 57.1 Å². The summed E-state index contributed by atoms with van der Waals surface area (Å²) in [5.41, 5.74) is 8.38. The highest BCUT2D eigenvalue weighted by Gasteiger charge is 2.53. The van der Waals surface area contributed by atoms with Crippen molar-refractivity contribution in [3.05, 3.63) is 153 Å². The zero-order chi connectivity index (χ0) is 89.0. The Kier molecular flexibility index (Phi) is 29.2. The molecule has 22 N–H and O–H groups in total. The van der Waals surface area contributed by atoms with Crippen molar-refractivity contribution < 1.29 is 127 Å². The maximum Gasteiger partial charge on any atom is 0.330 e. The van der Waals surface area contributed by atoms with E-state index in [1.807, 2.05) is 32.0 Å². The molecule has 22 atom stereocenters. The highest BCUT2D eigenvalue weighted by atomic mass is 35.5. The molecule has 123 heavy (non-hydrogen) atoms. The van der Waals surface area contributed by atoms with Gasteiger partial charge in [-0.25, -0.2) is 4.79 Å². The van der Waals surface area contributed by atoms with E-state index in [0.29, 0.717) is 6.54 Å². The van der Waals surface area contributed by atoms with Gasteiger partial charge in [0.1, 0.15) is 89.5 Å². The second kappa shape index (κ2) is 39.0. The number of fused-ring (bicyclic) bond motifs is 15. The van der Waals surface area contributed by atoms with E-state index < -0.39 is 255 Å². The van der Waals surface area contributed by atoms with Crippen LogP contribution in [0.25, 0.3) is 11.1 Å². The van der Waals surface area contributed by atoms with E-state index in [-0.39, 0.29) is 58.4 Å². The average molecular weight is 1750 g/mol. The number of nitrogens with one attached hydrogen (secondary N) is 8. The number of hydrogen-bond donors (Lipinski definition) is 20. The van der Waals surface area contributed by atoms with Crippen LogP contribution in [-0.2, 0) is 68.5 Å². The highest BCUT2D eigenvalue weighted by molar-refractivity contribution is 6.32. The second-order valence-electron chi connectivity index (χ2n) is 32.7. The van der Waals surface area contributed by atoms with Crippen molar-refractivity contribution in [2.75, 3.05) is 20.2 Å². The summed E-state index contributed by atoms with van der Waals surface area (Å²) in [4.78, 5) is 121. The lowest BCUT2D eigenvalue weighted by molar-refractivity contribution is -0.334. The van der Waals surface area contributed by atoms with Crippen molar-refractivity contribution in [1.82, 2.24) is 42.5 Å². The summed E-state index contributed by atoms with van der Waals surface area (Å²) in [6, 6.07) is 9.84. The first-order valence-corrected chi connectivity index (χ1v) is 41.1. The lowest BCUT2D eigenvalue weighted by atomic mass is 9.84. The first kappa shape index (κ1) is 92.1. The molecule has 8 aliphatic rings. The molecule has 14 rings (SSSR count). The number of aliphatic hydroxyl groups excluding tert-OH is 6. The van der Waals surface area contributed by atoms with Crippen LogP contribution in [0.3, 0.4) is 0 Å². The Balaban J connectivity index is 1.07. The maximum absolute atomic E-state index is 16.5. The lowest BCUT2D eigenvalue weighted by Crippen LogP contribution is -2.65. The standard InChI is InChI=1S/C85H104Cl2N10O26/c1-37(2)25-50(90-7)76(108)96-66-68(103)42-19-22-54(48(86)27-42)118-56-29-44-30-57(72(56)123-83-73(70(105)69(104)58(36-98)120-83)122-61-35-85(6,75(107)39(4)117-61)91-24-14-9-8-11-15-40-16-12-10-13-17-40)119-55-23-20-43(28-49(55)87)71(121-60-34-84(5,89)74(106)38(3)116-60)67-81(113)95-65(82(114)115)47-31-45(99)32-53(101)62(47)46-26-41(18-21-52(46)100)63(78(110)97-67)94-79(111)64(44)93-77(109)51(33-59(88)102)92-80(66)112/h10,12-13,16-23,26-32,37-39,50-51,58,60-61,63-71,73-75,83,90-91,98-101,103-107H,8-9,11,14-15,24-25,33-36,89H2,1-7H3,(H2,88,102)(H,92,112)(H,93,109)(H,94,111)(H,95,113)(H,96,108)(H,97,110)(H,114,115)/t38-,39-,50+,51-,58+,60-,61-,63+,64+,65-,66+,67-,68+,69+,70-,71+,73+,74-,75-,83-,84-,85-/m0/s1. The molecule has 0 aliphatic carbocycles. The van der Waals surface area contributed by atoms with Crippen LogP contribution in [-0.4, -0.2) is 222 Å². The van der Waals surface area contributed by atoms with Gasteiger partial charge in [0, 0.05) is 46.7 Å². The molecule has 7 amide bonds. The number of phenolic OH excluding ortho intramolecular Hbond substituents is 3. The third kappa shape index (κ3) is 21.0. The maximum atomic E-state index is 16.5. The van der Waals surface area contributed by atoms with Crippen LogP contribution in [0.4, 0.5) is 0 Å². The van der Waals surface area contributed by atoms with E-state index in [0.717, 1.165) is 80.6 Å². The number of aliphatic hydroxyl groups is 6. The Bertz CT molecular complexity index is 4900. The summed E-state index contributed by atoms with van der Waals surface area (Å²) in [7, 11) is 1.48. The van der Waals surface area contributed by atoms with Crippen LogP contribution < -0.4 is 68.2 Å². The van der Waals surface area contributed by atoms with Gasteiger partial charge in [0.15, 0.2) is 36.2 Å². The fourth-order valence-corrected chi connectivity index (χ4v) is 16.7. The number of unbranched alkanes of at least 4 members (excludes halogenated alkanes) is 3. The predicted octanol–water partition coefficient (Wildman–Crippen LogP) is 3.78. The monoisotopic (exact) mass is 1750 g/mol. The zero-order valence-electron chi connectivity index (χ0n) is 68.2. The fourth-order valence-electron chi connectivity index (χ4n) is 16.2. The number of amides is 7. The molecule has 6 aromatic carbocycles. The van der Waals surface area contributed by atoms with Gasteiger partial charge >= 0.3 is 5.97 Å². The van der Waals surface area contributed by atoms with E-state index in [4.69, 9.17) is 72.6 Å². The predicted molar refractivity (Wildman–Crippen MR) is 438 cm³/mol. The SMILES string of the molecule is CN[C@H](CC(C)C)C(=O)N[C@H]1C(=O)N[C@@H](CC(N)=O)C(=O)N[C@H]2C(=O)N[C@H]3C(=O)N[C@H](C(=O)N[C@H](C(=O)O)c4cc(O)cc(O)c4-c4cc3ccc4O)[C@H](O[C@H]3C[C@](C)(N)[C@@H](O)[C@H](C)O3)c3ccc(c(Cl)c3)Oc3cc2cc(c3O[C@@H]2O[C@H](CO)[C@@H](O)[C@H](O)[C@H]2O[C@H]2C[C@](C)(NCCCCCCc3ccccc3)[C@@H](O)[C@H](C)O2)Oc2ccc(cc2Cl)[C@H]1O. The Morgan fingerprint density at radius 2 is 1.27 bits per heavy atom. The molecule has 0 saturated carbocycles. The number of aryl methyl sites for hydroxylation is 1. The van der Waals surface area contributed by atoms with E-state index in [1.165, 1.54) is 56.8 Å². The number of phenols is 3. The highest BCUT2D eigenvalue weighted by Crippen LogP contribution is 2.51. The number of carboxylic acid groups (broad SMARTS) is 1. The van der Waals surface area contributed by atoms with Crippen molar-refractivity contribution in [1.29, 1.82) is 0 Å². The van der Waals surface area contributed by atoms with E-state index in [2.05, 4.69) is 54.7 Å². The normalized spacial score (nSPS) is 30.1. The van der Waals surface area contributed by atoms with Crippen LogP contribution in [0.1, 0.15) is 157 Å². The molecule has 3 saturated heterocycles. The molecule has 0 spiro atoms. The number of rotatable bonds is 23. The number of halogens is 2. The first-order valence-electron chi connectivity index (χ1n) is 40.4. The summed E-state index contributed by atoms with van der Waals surface area (Å²) in [6.45, 7) is 9.43. The van der Waals surface area contributed by atoms with Gasteiger partial charge < -0.3 is 143 Å². The van der Waals surface area contributed by atoms with Gasteiger partial charge in [0.2, 0.25) is 53.4 Å². The Hall–Kier alpha value is -10.1. The number of hydrogen-bond acceptors (Lipinski definition) is 28. The molecule has 0 radical (unpaired) electrons. The molecular weight excluding hydrogens is 1650 g/mol. The third-order valence-corrected chi connectivity index (χ3v) is 23.5. The average Bonchev–Trinajstić information content (AvgIpc) is 0.740. The lowest BCUT2D eigenvalue weighted by Gasteiger charge is -2.48. The Morgan fingerprint density at radius 3 is 1.90 bits per heavy atom. The fraction of sp³-hybridized carbons (Fsp3) is 0.482. The number of carbonyl (C=O) groups is 8. The molecule has 6 aromatic rings. The summed E-state index contributed by atoms with van der Waals surface area (Å²) >= 11 is 14.7. The Labute approximate surface area is 716 Å². The van der Waals surface area contributed by atoms with Crippen LogP contribution in [0, 0.1) is 5.92 Å². The topological polar surface area (TPSA) is 561 Å². The van der Waals surface area contributed by atoms with Gasteiger partial charge in [-0.1, -0.05) is 98.4 Å². The largest absolute Gasteiger partial charge is 0.508 e. The second-order valence-corrected chi connectivity index (χ2v) is 33.6. The van der Waals surface area contributed by atoms with E-state index in [9.17, 15) is 65.4 Å². The van der Waals surface area contributed by atoms with Crippen LogP contribution >= 0.6 is 23.2 Å². The van der Waals surface area contributed by atoms with Crippen molar-refractivity contribution in [2.45, 2.75) is 233 Å². The number of likely N-dealkylation sites (N-methyl/N-ethyl adjacent to an activating group) is 1. The zero-order valence-corrected chi connectivity index (χ0v) is 69.7. The van der Waals surface area contributed by atoms with Gasteiger partial charge in [-0.15, -0.1) is 0 Å². The van der Waals surface area contributed by atoms with Gasteiger partial charge in [0.05, 0.1) is 53.5 Å². The number of primary amides is 1. The summed E-state index contributed by atoms with van der Waals surface area (Å²) in [6.07, 6.45) is -18.1. The van der Waals surface area contributed by atoms with Gasteiger partial charge in [-0.2, -0.15) is 0 Å². The molecule has 8 aliphatic heterocycles. The summed E-state index contributed by atoms with van der Waals surface area (Å²) in [5.74, 6) is -16.0. The van der Waals surface area contributed by atoms with Crippen molar-refractivity contribution in [2.24, 2.45) is 17.4 Å². The molecular formula is C85H104Cl2N10O26. The van der Waals surface area contributed by atoms with Crippen LogP contribution in [0.15, 0.2) is 109 Å². The molecule has 38 heteroatoms. The van der Waals surface area contributed by atoms with Gasteiger partial charge in [0.25, 0.3) is 0 Å². The number of benzene rings is 6. The van der Waals surface area contributed by atoms with Crippen LogP contribution in [0.2, 0.25) is 10.0 Å². The molecule has 0 aromatic heterocycles. The number of nitrogens with two attached hydrogens (primary N) is 2. The molecule has 36 nitrogen and oxygen atoms in total. The minimum absolute atomic E-state index is 0.111. The number of carbonyl (C=O) groups excluding carboxylic acids is 7. The quantitative estimate of drug-likeness (QED) is 0.0406. The number of aliphatic carboxylic acids is 1. The first-order chi connectivity index (χ1) is 58.3. The molecule has 11 bridgehead atoms. The van der Waals surface area contributed by atoms with Crippen LogP contribution in [0.5, 0.6) is 46.0 Å². The summed E-state index contributed by atoms with van der Waals surface area (Å²) in [5, 5.41) is 137. The Morgan fingerprint density at radius 1 is 0.650 bits per heavy atom. The molecule has 3 fully saturated rings. The number of aromatic hydroxyl groups is 3. The van der Waals surface area contributed by atoms with Gasteiger partial charge in [-0.3, -0.25) is 33.6 Å². The minimum atomic E-state index is -2.38. The van der Waals surface area contributed by atoms with E-state index >= 15 is 24.0 Å². The smallest absolute Gasteiger partial charge is 0.330 e. The number of carboxylic acids is 1.